The van der Waals surface area contributed by atoms with Crippen molar-refractivity contribution in [1.82, 2.24) is 4.98 Å². The molecule has 0 aliphatic rings. The quantitative estimate of drug-likeness (QED) is 0.928. The number of benzene rings is 1. The molecule has 6 heteroatoms. The summed E-state index contributed by atoms with van der Waals surface area (Å²) in [4.78, 5) is 15.4. The molecule has 1 aromatic heterocycles. The first-order valence-electron chi connectivity index (χ1n) is 5.07. The highest BCUT2D eigenvalue weighted by molar-refractivity contribution is 7.15. The molecule has 0 aliphatic heterocycles. The number of methoxy groups -OCH3 is 1. The number of carbonyl (C=O) groups is 1. The fourth-order valence-electron chi connectivity index (χ4n) is 1.51. The average molecular weight is 267 g/mol. The van der Waals surface area contributed by atoms with E-state index in [-0.39, 0.29) is 11.3 Å². The van der Waals surface area contributed by atoms with Crippen molar-refractivity contribution in [2.45, 2.75) is 6.92 Å². The molecule has 0 atom stereocenters. The number of rotatable bonds is 3. The molecule has 0 saturated heterocycles. The lowest BCUT2D eigenvalue weighted by Gasteiger charge is -2.02. The number of carboxylic acids is 1. The lowest BCUT2D eigenvalue weighted by molar-refractivity contribution is 0.0690. The Morgan fingerprint density at radius 1 is 1.50 bits per heavy atom. The van der Waals surface area contributed by atoms with Crippen LogP contribution in [-0.4, -0.2) is 23.2 Å². The number of halogens is 1. The van der Waals surface area contributed by atoms with E-state index < -0.39 is 11.8 Å². The summed E-state index contributed by atoms with van der Waals surface area (Å²) in [7, 11) is 1.45. The Morgan fingerprint density at radius 3 is 2.72 bits per heavy atom. The zero-order valence-corrected chi connectivity index (χ0v) is 10.5. The van der Waals surface area contributed by atoms with Crippen LogP contribution in [0.25, 0.3) is 10.6 Å². The van der Waals surface area contributed by atoms with E-state index in [4.69, 9.17) is 9.84 Å². The molecule has 0 fully saturated rings. The predicted molar refractivity (Wildman–Crippen MR) is 65.8 cm³/mol. The summed E-state index contributed by atoms with van der Waals surface area (Å²) >= 11 is 1.15. The summed E-state index contributed by atoms with van der Waals surface area (Å²) in [6.07, 6.45) is 0. The van der Waals surface area contributed by atoms with Gasteiger partial charge in [0.2, 0.25) is 0 Å². The molecule has 18 heavy (non-hydrogen) atoms. The molecule has 1 aromatic carbocycles. The third-order valence-electron chi connectivity index (χ3n) is 2.41. The number of thiazole rings is 1. The summed E-state index contributed by atoms with van der Waals surface area (Å²) in [5, 5.41) is 9.26. The van der Waals surface area contributed by atoms with E-state index in [9.17, 15) is 9.18 Å². The number of aromatic nitrogens is 1. The standard InChI is InChI=1S/C12H10FNO3S/c1-6-10(12(15)16)14-11(18-6)8-4-3-7(17-2)5-9(8)13/h3-5H,1-2H3,(H,15,16). The molecule has 4 nitrogen and oxygen atoms in total. The van der Waals surface area contributed by atoms with E-state index in [0.717, 1.165) is 11.3 Å². The van der Waals surface area contributed by atoms with Crippen molar-refractivity contribution < 1.29 is 19.0 Å². The number of carboxylic acid groups (broad SMARTS) is 1. The van der Waals surface area contributed by atoms with Gasteiger partial charge in [-0.3, -0.25) is 0 Å². The minimum Gasteiger partial charge on any atom is -0.497 e. The number of nitrogens with zero attached hydrogens (tertiary/aromatic N) is 1. The second-order valence-corrected chi connectivity index (χ2v) is 4.78. The van der Waals surface area contributed by atoms with Gasteiger partial charge in [0.25, 0.3) is 0 Å². The third-order valence-corrected chi connectivity index (χ3v) is 3.41. The van der Waals surface area contributed by atoms with Gasteiger partial charge in [0.05, 0.1) is 7.11 Å². The Labute approximate surface area is 107 Å². The largest absolute Gasteiger partial charge is 0.497 e. The van der Waals surface area contributed by atoms with Gasteiger partial charge < -0.3 is 9.84 Å². The van der Waals surface area contributed by atoms with Gasteiger partial charge in [0, 0.05) is 16.5 Å². The molecular formula is C12H10FNO3S. The van der Waals surface area contributed by atoms with Crippen LogP contribution >= 0.6 is 11.3 Å². The molecule has 0 radical (unpaired) electrons. The normalized spacial score (nSPS) is 10.4. The maximum absolute atomic E-state index is 13.8. The second kappa shape index (κ2) is 4.73. The third kappa shape index (κ3) is 2.19. The fourth-order valence-corrected chi connectivity index (χ4v) is 2.44. The first-order chi connectivity index (χ1) is 8.52. The average Bonchev–Trinajstić information content (AvgIpc) is 2.71. The molecule has 1 N–H and O–H groups in total. The van der Waals surface area contributed by atoms with Crippen LogP contribution in [0, 0.1) is 12.7 Å². The van der Waals surface area contributed by atoms with Crippen molar-refractivity contribution >= 4 is 17.3 Å². The van der Waals surface area contributed by atoms with Crippen LogP contribution < -0.4 is 4.74 Å². The minimum absolute atomic E-state index is 0.0368. The maximum Gasteiger partial charge on any atom is 0.355 e. The van der Waals surface area contributed by atoms with Crippen LogP contribution in [0.5, 0.6) is 5.75 Å². The van der Waals surface area contributed by atoms with E-state index in [1.54, 1.807) is 13.0 Å². The first-order valence-corrected chi connectivity index (χ1v) is 5.89. The van der Waals surface area contributed by atoms with Crippen LogP contribution in [-0.2, 0) is 0 Å². The van der Waals surface area contributed by atoms with E-state index >= 15 is 0 Å². The molecule has 0 aliphatic carbocycles. The molecular weight excluding hydrogens is 257 g/mol. The Morgan fingerprint density at radius 2 is 2.22 bits per heavy atom. The Balaban J connectivity index is 2.49. The zero-order valence-electron chi connectivity index (χ0n) is 9.73. The number of ether oxygens (including phenoxy) is 1. The predicted octanol–water partition coefficient (Wildman–Crippen LogP) is 2.96. The Hall–Kier alpha value is -1.95. The molecule has 0 bridgehead atoms. The van der Waals surface area contributed by atoms with E-state index in [0.29, 0.717) is 15.6 Å². The van der Waals surface area contributed by atoms with Crippen LogP contribution in [0.4, 0.5) is 4.39 Å². The topological polar surface area (TPSA) is 59.4 Å². The summed E-state index contributed by atoms with van der Waals surface area (Å²) in [6.45, 7) is 1.64. The summed E-state index contributed by atoms with van der Waals surface area (Å²) < 4.78 is 18.7. The van der Waals surface area contributed by atoms with Gasteiger partial charge in [-0.05, 0) is 19.1 Å². The molecule has 2 rings (SSSR count). The van der Waals surface area contributed by atoms with Crippen LogP contribution in [0.15, 0.2) is 18.2 Å². The molecule has 1 heterocycles. The lowest BCUT2D eigenvalue weighted by Crippen LogP contribution is -1.98. The Kier molecular flexibility index (Phi) is 3.29. The lowest BCUT2D eigenvalue weighted by atomic mass is 10.2. The van der Waals surface area contributed by atoms with E-state index in [1.807, 2.05) is 0 Å². The van der Waals surface area contributed by atoms with Crippen molar-refractivity contribution in [3.05, 3.63) is 34.6 Å². The molecule has 0 amide bonds. The smallest absolute Gasteiger partial charge is 0.355 e. The summed E-state index contributed by atoms with van der Waals surface area (Å²) in [6, 6.07) is 4.38. The van der Waals surface area contributed by atoms with Crippen molar-refractivity contribution in [2.75, 3.05) is 7.11 Å². The molecule has 0 unspecified atom stereocenters. The van der Waals surface area contributed by atoms with Gasteiger partial charge in [-0.1, -0.05) is 0 Å². The number of aromatic carboxylic acids is 1. The fraction of sp³-hybridized carbons (Fsp3) is 0.167. The van der Waals surface area contributed by atoms with E-state index in [1.165, 1.54) is 19.2 Å². The van der Waals surface area contributed by atoms with Gasteiger partial charge in [-0.15, -0.1) is 11.3 Å². The van der Waals surface area contributed by atoms with E-state index in [2.05, 4.69) is 4.98 Å². The minimum atomic E-state index is -1.11. The monoisotopic (exact) mass is 267 g/mol. The zero-order chi connectivity index (χ0) is 13.3. The van der Waals surface area contributed by atoms with Gasteiger partial charge in [0.15, 0.2) is 5.69 Å². The number of aryl methyl sites for hydroxylation is 1. The molecule has 94 valence electrons. The van der Waals surface area contributed by atoms with Gasteiger partial charge >= 0.3 is 5.97 Å². The van der Waals surface area contributed by atoms with Crippen LogP contribution in [0.1, 0.15) is 15.4 Å². The maximum atomic E-state index is 13.8. The first kappa shape index (κ1) is 12.5. The molecule has 0 spiro atoms. The van der Waals surface area contributed by atoms with Gasteiger partial charge in [0.1, 0.15) is 16.6 Å². The van der Waals surface area contributed by atoms with Crippen molar-refractivity contribution in [3.63, 3.8) is 0 Å². The SMILES string of the molecule is COc1ccc(-c2nc(C(=O)O)c(C)s2)c(F)c1. The number of hydrogen-bond donors (Lipinski definition) is 1. The highest BCUT2D eigenvalue weighted by Gasteiger charge is 2.17. The summed E-state index contributed by atoms with van der Waals surface area (Å²) in [5.41, 5.74) is 0.238. The van der Waals surface area contributed by atoms with Gasteiger partial charge in [-0.25, -0.2) is 14.2 Å². The van der Waals surface area contributed by atoms with Crippen molar-refractivity contribution in [3.8, 4) is 16.3 Å². The van der Waals surface area contributed by atoms with Crippen molar-refractivity contribution in [1.29, 1.82) is 0 Å². The number of hydrogen-bond acceptors (Lipinski definition) is 4. The Bertz CT molecular complexity index is 609. The second-order valence-electron chi connectivity index (χ2n) is 3.57. The summed E-state index contributed by atoms with van der Waals surface area (Å²) in [5.74, 6) is -1.19. The van der Waals surface area contributed by atoms with Crippen LogP contribution in [0.3, 0.4) is 0 Å². The van der Waals surface area contributed by atoms with Gasteiger partial charge in [-0.2, -0.15) is 0 Å². The van der Waals surface area contributed by atoms with Crippen molar-refractivity contribution in [2.24, 2.45) is 0 Å². The van der Waals surface area contributed by atoms with Crippen LogP contribution in [0.2, 0.25) is 0 Å². The highest BCUT2D eigenvalue weighted by Crippen LogP contribution is 2.31. The molecule has 2 aromatic rings. The highest BCUT2D eigenvalue weighted by atomic mass is 32.1. The molecule has 0 saturated carbocycles.